The van der Waals surface area contributed by atoms with Crippen LogP contribution in [0.5, 0.6) is 0 Å². The van der Waals surface area contributed by atoms with Crippen LogP contribution in [0.25, 0.3) is 0 Å². The summed E-state index contributed by atoms with van der Waals surface area (Å²) in [5.74, 6) is -0.330. The lowest BCUT2D eigenvalue weighted by molar-refractivity contribution is -0.133. The van der Waals surface area contributed by atoms with E-state index in [1.807, 2.05) is 6.92 Å². The Balaban J connectivity index is 2.05. The average Bonchev–Trinajstić information content (AvgIpc) is 2.56. The van der Waals surface area contributed by atoms with Crippen LogP contribution in [0.3, 0.4) is 0 Å². The molecule has 0 spiro atoms. The molecule has 1 aromatic rings. The first-order valence-corrected chi connectivity index (χ1v) is 8.48. The number of benzene rings is 1. The van der Waals surface area contributed by atoms with Gasteiger partial charge in [0.05, 0.1) is 11.3 Å². The van der Waals surface area contributed by atoms with E-state index in [0.717, 1.165) is 37.0 Å². The number of thioether (sulfide) groups is 1. The van der Waals surface area contributed by atoms with Crippen molar-refractivity contribution in [3.05, 3.63) is 30.1 Å². The fourth-order valence-electron chi connectivity index (χ4n) is 2.91. The summed E-state index contributed by atoms with van der Waals surface area (Å²) in [5, 5.41) is 9.27. The highest BCUT2D eigenvalue weighted by atomic mass is 32.2. The molecule has 1 atom stereocenters. The summed E-state index contributed by atoms with van der Waals surface area (Å²) < 4.78 is 12.9. The molecule has 118 valence electrons. The maximum absolute atomic E-state index is 12.9. The summed E-state index contributed by atoms with van der Waals surface area (Å²) in [6.45, 7) is 1.83. The van der Waals surface area contributed by atoms with Gasteiger partial charge in [0.1, 0.15) is 11.4 Å². The van der Waals surface area contributed by atoms with Crippen molar-refractivity contribution in [2.75, 3.05) is 7.05 Å². The van der Waals surface area contributed by atoms with E-state index in [2.05, 4.69) is 6.07 Å². The van der Waals surface area contributed by atoms with Crippen LogP contribution in [0.15, 0.2) is 29.2 Å². The molecular formula is C17H21FN2OS. The highest BCUT2D eigenvalue weighted by molar-refractivity contribution is 8.00. The lowest BCUT2D eigenvalue weighted by Gasteiger charge is -2.40. The van der Waals surface area contributed by atoms with Crippen LogP contribution >= 0.6 is 11.8 Å². The Bertz CT molecular complexity index is 561. The number of hydrogen-bond donors (Lipinski definition) is 0. The second-order valence-corrected chi connectivity index (χ2v) is 7.23. The fraction of sp³-hybridized carbons (Fsp3) is 0.529. The van der Waals surface area contributed by atoms with Crippen molar-refractivity contribution >= 4 is 17.7 Å². The van der Waals surface area contributed by atoms with Crippen LogP contribution < -0.4 is 0 Å². The van der Waals surface area contributed by atoms with E-state index in [9.17, 15) is 14.4 Å². The van der Waals surface area contributed by atoms with Crippen molar-refractivity contribution in [3.8, 4) is 6.07 Å². The van der Waals surface area contributed by atoms with Gasteiger partial charge in [-0.05, 0) is 44.0 Å². The van der Waals surface area contributed by atoms with Crippen molar-refractivity contribution in [1.29, 1.82) is 5.26 Å². The molecule has 22 heavy (non-hydrogen) atoms. The van der Waals surface area contributed by atoms with Crippen molar-refractivity contribution in [3.63, 3.8) is 0 Å². The normalized spacial score (nSPS) is 18.3. The highest BCUT2D eigenvalue weighted by Gasteiger charge is 2.40. The largest absolute Gasteiger partial charge is 0.326 e. The molecule has 0 saturated heterocycles. The molecule has 0 radical (unpaired) electrons. The Hall–Kier alpha value is -1.54. The van der Waals surface area contributed by atoms with Gasteiger partial charge in [0.15, 0.2) is 0 Å². The first kappa shape index (κ1) is 16.8. The van der Waals surface area contributed by atoms with E-state index in [0.29, 0.717) is 0 Å². The SMILES string of the molecule is C[C@H](Sc1ccc(F)cc1)C(=O)N(C)C1(C#N)CCCCC1. The Morgan fingerprint density at radius 1 is 1.32 bits per heavy atom. The zero-order chi connectivity index (χ0) is 16.2. The van der Waals surface area contributed by atoms with Crippen molar-refractivity contribution in [1.82, 2.24) is 4.90 Å². The summed E-state index contributed by atoms with van der Waals surface area (Å²) in [6, 6.07) is 8.49. The highest BCUT2D eigenvalue weighted by Crippen LogP contribution is 2.34. The van der Waals surface area contributed by atoms with Gasteiger partial charge < -0.3 is 4.90 Å². The third kappa shape index (κ3) is 3.61. The molecule has 5 heteroatoms. The van der Waals surface area contributed by atoms with Gasteiger partial charge in [-0.3, -0.25) is 4.79 Å². The maximum atomic E-state index is 12.9. The summed E-state index contributed by atoms with van der Waals surface area (Å²) in [4.78, 5) is 15.1. The van der Waals surface area contributed by atoms with Crippen LogP contribution in [0.4, 0.5) is 4.39 Å². The first-order chi connectivity index (χ1) is 10.5. The number of rotatable bonds is 4. The summed E-state index contributed by atoms with van der Waals surface area (Å²) in [5.41, 5.74) is -0.660. The van der Waals surface area contributed by atoms with Gasteiger partial charge in [0.25, 0.3) is 0 Å². The van der Waals surface area contributed by atoms with Gasteiger partial charge in [-0.15, -0.1) is 11.8 Å². The van der Waals surface area contributed by atoms with E-state index < -0.39 is 5.54 Å². The van der Waals surface area contributed by atoms with Gasteiger partial charge >= 0.3 is 0 Å². The minimum absolute atomic E-state index is 0.0437. The van der Waals surface area contributed by atoms with E-state index in [1.165, 1.54) is 23.9 Å². The number of nitriles is 1. The van der Waals surface area contributed by atoms with E-state index in [4.69, 9.17) is 0 Å². The number of amides is 1. The van der Waals surface area contributed by atoms with Crippen LogP contribution in [0, 0.1) is 17.1 Å². The van der Waals surface area contributed by atoms with E-state index >= 15 is 0 Å². The molecule has 1 amide bonds. The minimum atomic E-state index is -0.660. The molecule has 0 unspecified atom stereocenters. The Labute approximate surface area is 135 Å². The van der Waals surface area contributed by atoms with Crippen LogP contribution in [-0.4, -0.2) is 28.6 Å². The predicted molar refractivity (Wildman–Crippen MR) is 85.9 cm³/mol. The predicted octanol–water partition coefficient (Wildman–Crippen LogP) is 3.99. The minimum Gasteiger partial charge on any atom is -0.326 e. The molecule has 1 aliphatic rings. The van der Waals surface area contributed by atoms with Crippen LogP contribution in [0.2, 0.25) is 0 Å². The van der Waals surface area contributed by atoms with Gasteiger partial charge in [-0.1, -0.05) is 19.3 Å². The number of carbonyl (C=O) groups is 1. The molecule has 1 aliphatic carbocycles. The summed E-state index contributed by atoms with van der Waals surface area (Å²) in [6.07, 6.45) is 4.61. The van der Waals surface area contributed by atoms with Crippen molar-refractivity contribution in [2.45, 2.75) is 54.7 Å². The summed E-state index contributed by atoms with van der Waals surface area (Å²) in [7, 11) is 1.73. The number of hydrogen-bond acceptors (Lipinski definition) is 3. The maximum Gasteiger partial charge on any atom is 0.236 e. The molecule has 3 nitrogen and oxygen atoms in total. The molecule has 0 aliphatic heterocycles. The van der Waals surface area contributed by atoms with Gasteiger partial charge in [0.2, 0.25) is 5.91 Å². The Morgan fingerprint density at radius 2 is 1.91 bits per heavy atom. The smallest absolute Gasteiger partial charge is 0.236 e. The molecule has 1 aromatic carbocycles. The van der Waals surface area contributed by atoms with E-state index in [-0.39, 0.29) is 17.0 Å². The van der Waals surface area contributed by atoms with Gasteiger partial charge in [-0.25, -0.2) is 4.39 Å². The zero-order valence-corrected chi connectivity index (χ0v) is 13.8. The Kier molecular flexibility index (Phi) is 5.47. The average molecular weight is 320 g/mol. The topological polar surface area (TPSA) is 44.1 Å². The second-order valence-electron chi connectivity index (χ2n) is 5.82. The van der Waals surface area contributed by atoms with Gasteiger partial charge in [0, 0.05) is 11.9 Å². The fourth-order valence-corrected chi connectivity index (χ4v) is 3.87. The molecule has 1 fully saturated rings. The molecular weight excluding hydrogens is 299 g/mol. The summed E-state index contributed by atoms with van der Waals surface area (Å²) >= 11 is 1.39. The van der Waals surface area contributed by atoms with Crippen molar-refractivity contribution in [2.24, 2.45) is 0 Å². The van der Waals surface area contributed by atoms with Gasteiger partial charge in [-0.2, -0.15) is 5.26 Å². The second kappa shape index (κ2) is 7.15. The lowest BCUT2D eigenvalue weighted by atomic mass is 9.81. The molecule has 0 N–H and O–H groups in total. The monoisotopic (exact) mass is 320 g/mol. The molecule has 0 aromatic heterocycles. The first-order valence-electron chi connectivity index (χ1n) is 7.60. The standard InChI is InChI=1S/C17H21FN2OS/c1-13(22-15-8-6-14(18)7-9-15)16(21)20(2)17(12-19)10-4-3-5-11-17/h6-9,13H,3-5,10-11H2,1-2H3/t13-/m0/s1. The number of halogens is 1. The lowest BCUT2D eigenvalue weighted by Crippen LogP contribution is -2.52. The quantitative estimate of drug-likeness (QED) is 0.788. The van der Waals surface area contributed by atoms with Crippen molar-refractivity contribution < 1.29 is 9.18 Å². The van der Waals surface area contributed by atoms with E-state index in [1.54, 1.807) is 24.1 Å². The third-order valence-electron chi connectivity index (χ3n) is 4.34. The Morgan fingerprint density at radius 3 is 2.45 bits per heavy atom. The molecule has 2 rings (SSSR count). The molecule has 0 heterocycles. The molecule has 0 bridgehead atoms. The van der Waals surface area contributed by atoms with Crippen LogP contribution in [-0.2, 0) is 4.79 Å². The van der Waals surface area contributed by atoms with Crippen LogP contribution in [0.1, 0.15) is 39.0 Å². The molecule has 1 saturated carbocycles. The number of nitrogens with zero attached hydrogens (tertiary/aromatic N) is 2. The third-order valence-corrected chi connectivity index (χ3v) is 5.44. The zero-order valence-electron chi connectivity index (χ0n) is 13.0. The number of carbonyl (C=O) groups excluding carboxylic acids is 1.